The second-order valence-electron chi connectivity index (χ2n) is 7.53. The first kappa shape index (κ1) is 23.2. The third-order valence-electron chi connectivity index (χ3n) is 5.47. The summed E-state index contributed by atoms with van der Waals surface area (Å²) in [6.45, 7) is 9.73. The molecule has 0 saturated carbocycles. The number of nitrogens with zero attached hydrogens (tertiary/aromatic N) is 3. The first-order chi connectivity index (χ1) is 14.6. The summed E-state index contributed by atoms with van der Waals surface area (Å²) in [6.07, 6.45) is 4.83. The first-order valence-corrected chi connectivity index (χ1v) is 10.1. The summed E-state index contributed by atoms with van der Waals surface area (Å²) >= 11 is 0. The van der Waals surface area contributed by atoms with Crippen LogP contribution in [0.25, 0.3) is 22.8 Å². The third kappa shape index (κ3) is 4.91. The van der Waals surface area contributed by atoms with Crippen LogP contribution in [0.3, 0.4) is 0 Å². The van der Waals surface area contributed by atoms with Gasteiger partial charge in [-0.3, -0.25) is 0 Å². The molecule has 0 saturated heterocycles. The molecule has 0 atom stereocenters. The Balaban J connectivity index is 0.000000292. The maximum absolute atomic E-state index is 8.08. The van der Waals surface area contributed by atoms with Gasteiger partial charge in [0.25, 0.3) is 0 Å². The van der Waals surface area contributed by atoms with Crippen LogP contribution in [-0.4, -0.2) is 27.6 Å². The molecule has 0 spiro atoms. The van der Waals surface area contributed by atoms with Gasteiger partial charge in [0.05, 0.1) is 5.52 Å². The van der Waals surface area contributed by atoms with E-state index in [1.807, 2.05) is 53.4 Å². The maximum atomic E-state index is 8.08. The van der Waals surface area contributed by atoms with E-state index in [1.165, 1.54) is 22.2 Å². The van der Waals surface area contributed by atoms with Crippen molar-refractivity contribution in [2.45, 2.75) is 13.0 Å². The Morgan fingerprint density at radius 3 is 2.58 bits per heavy atom. The van der Waals surface area contributed by atoms with Crippen LogP contribution in [0.1, 0.15) is 16.8 Å². The molecule has 5 heteroatoms. The summed E-state index contributed by atoms with van der Waals surface area (Å²) in [7, 11) is 2.16. The Morgan fingerprint density at radius 2 is 1.94 bits per heavy atom. The van der Waals surface area contributed by atoms with E-state index in [0.717, 1.165) is 30.8 Å². The van der Waals surface area contributed by atoms with E-state index < -0.39 is 0 Å². The molecule has 1 aliphatic rings. The molecule has 0 unspecified atom stereocenters. The molecule has 154 valence electrons. The van der Waals surface area contributed by atoms with Gasteiger partial charge in [0, 0.05) is 48.0 Å². The fraction of sp³-hybridized carbons (Fsp3) is 0.154. The number of hydrogen-bond acceptors (Lipinski definition) is 2. The topological polar surface area (TPSA) is 37.0 Å². The van der Waals surface area contributed by atoms with Crippen molar-refractivity contribution < 1.29 is 31.1 Å². The Labute approximate surface area is 207 Å². The van der Waals surface area contributed by atoms with Gasteiger partial charge in [0.1, 0.15) is 0 Å². The van der Waals surface area contributed by atoms with Crippen LogP contribution in [0.5, 0.6) is 0 Å². The second kappa shape index (κ2) is 10.2. The molecule has 4 nitrogen and oxygen atoms in total. The van der Waals surface area contributed by atoms with Crippen LogP contribution >= 0.6 is 0 Å². The largest absolute Gasteiger partial charge is 2.00 e. The molecule has 5 rings (SSSR count). The SMILES string of the molecule is C=Cn1c2c(c3cc(-n4cc[c-]cc4=N)ccc31)CN(C)CC2.[CH2-]c1ccccc1.[U+2]. The number of benzene rings is 2. The summed E-state index contributed by atoms with van der Waals surface area (Å²) in [5.41, 5.74) is 6.45. The van der Waals surface area contributed by atoms with E-state index in [4.69, 9.17) is 5.41 Å². The molecule has 1 aliphatic heterocycles. The quantitative estimate of drug-likeness (QED) is 0.321. The summed E-state index contributed by atoms with van der Waals surface area (Å²) < 4.78 is 4.09. The third-order valence-corrected chi connectivity index (χ3v) is 5.47. The number of pyridine rings is 1. The van der Waals surface area contributed by atoms with E-state index >= 15 is 0 Å². The molecule has 31 heavy (non-hydrogen) atoms. The van der Waals surface area contributed by atoms with Crippen molar-refractivity contribution in [1.29, 1.82) is 5.41 Å². The Kier molecular flexibility index (Phi) is 7.67. The monoisotopic (exact) mass is 632 g/mol. The van der Waals surface area contributed by atoms with Crippen LogP contribution in [-0.2, 0) is 13.0 Å². The van der Waals surface area contributed by atoms with Gasteiger partial charge in [0.2, 0.25) is 0 Å². The molecular formula is C26H26N4U. The fourth-order valence-corrected chi connectivity index (χ4v) is 3.97. The van der Waals surface area contributed by atoms with Crippen LogP contribution in [0.2, 0.25) is 0 Å². The van der Waals surface area contributed by atoms with Gasteiger partial charge in [-0.25, -0.2) is 0 Å². The van der Waals surface area contributed by atoms with Crippen molar-refractivity contribution in [2.75, 3.05) is 13.6 Å². The second-order valence-corrected chi connectivity index (χ2v) is 7.53. The van der Waals surface area contributed by atoms with E-state index in [-0.39, 0.29) is 31.1 Å². The van der Waals surface area contributed by atoms with Crippen molar-refractivity contribution >= 4 is 17.1 Å². The molecule has 3 heterocycles. The number of rotatable bonds is 2. The summed E-state index contributed by atoms with van der Waals surface area (Å²) in [5, 5.41) is 9.33. The van der Waals surface area contributed by atoms with E-state index in [2.05, 4.69) is 54.3 Å². The minimum absolute atomic E-state index is 0. The van der Waals surface area contributed by atoms with Gasteiger partial charge in [-0.15, -0.1) is 18.2 Å². The number of likely N-dealkylation sites (N-methyl/N-ethyl adjacent to an activating group) is 1. The molecule has 0 amide bonds. The Morgan fingerprint density at radius 1 is 1.16 bits per heavy atom. The average Bonchev–Trinajstić information content (AvgIpc) is 3.07. The van der Waals surface area contributed by atoms with Crippen LogP contribution in [0.4, 0.5) is 0 Å². The average molecular weight is 633 g/mol. The molecule has 4 aromatic rings. The minimum Gasteiger partial charge on any atom is -0.410 e. The zero-order valence-corrected chi connectivity index (χ0v) is 22.0. The number of aromatic nitrogens is 2. The summed E-state index contributed by atoms with van der Waals surface area (Å²) in [5.74, 6) is 0. The molecule has 2 aromatic carbocycles. The predicted molar refractivity (Wildman–Crippen MR) is 123 cm³/mol. The van der Waals surface area contributed by atoms with Crippen molar-refractivity contribution in [1.82, 2.24) is 14.0 Å². The molecule has 2 aromatic heterocycles. The minimum atomic E-state index is 0. The van der Waals surface area contributed by atoms with Gasteiger partial charge in [-0.2, -0.15) is 36.8 Å². The molecule has 0 bridgehead atoms. The molecule has 0 radical (unpaired) electrons. The van der Waals surface area contributed by atoms with Crippen molar-refractivity contribution in [3.8, 4) is 5.69 Å². The van der Waals surface area contributed by atoms with Gasteiger partial charge >= 0.3 is 31.1 Å². The summed E-state index contributed by atoms with van der Waals surface area (Å²) in [6, 6.07) is 22.7. The van der Waals surface area contributed by atoms with Crippen LogP contribution in [0, 0.1) is 49.5 Å². The van der Waals surface area contributed by atoms with Crippen LogP contribution < -0.4 is 5.49 Å². The maximum Gasteiger partial charge on any atom is 2.00 e. The van der Waals surface area contributed by atoms with Crippen molar-refractivity contribution in [2.24, 2.45) is 0 Å². The Hall–Kier alpha value is -2.45. The molecule has 1 N–H and O–H groups in total. The van der Waals surface area contributed by atoms with Crippen LogP contribution in [0.15, 0.2) is 73.4 Å². The fourth-order valence-electron chi connectivity index (χ4n) is 3.97. The normalized spacial score (nSPS) is 12.9. The Bertz CT molecular complexity index is 1240. The van der Waals surface area contributed by atoms with Crippen molar-refractivity contribution in [3.05, 3.63) is 109 Å². The van der Waals surface area contributed by atoms with E-state index in [9.17, 15) is 0 Å². The van der Waals surface area contributed by atoms with E-state index in [1.54, 1.807) is 6.07 Å². The smallest absolute Gasteiger partial charge is 0.410 e. The predicted octanol–water partition coefficient (Wildman–Crippen LogP) is 4.67. The van der Waals surface area contributed by atoms with Gasteiger partial charge in [-0.1, -0.05) is 18.8 Å². The molecular weight excluding hydrogens is 606 g/mol. The number of nitrogens with one attached hydrogen (secondary N) is 1. The number of hydrogen-bond donors (Lipinski definition) is 1. The van der Waals surface area contributed by atoms with Crippen molar-refractivity contribution in [3.63, 3.8) is 0 Å². The van der Waals surface area contributed by atoms with Gasteiger partial charge in [-0.05, 0) is 30.8 Å². The van der Waals surface area contributed by atoms with E-state index in [0.29, 0.717) is 5.49 Å². The zero-order chi connectivity index (χ0) is 21.1. The summed E-state index contributed by atoms with van der Waals surface area (Å²) in [4.78, 5) is 2.35. The molecule has 0 aliphatic carbocycles. The van der Waals surface area contributed by atoms with Gasteiger partial charge < -0.3 is 19.4 Å². The number of fused-ring (bicyclic) bond motifs is 3. The standard InChI is InChI=1S/C19H19N4.C7H7.U/c1-3-22-17-8-7-14(23-10-5-4-6-19(23)20)12-15(17)16-13-21(2)11-9-18(16)22;1-7-5-3-2-4-6-7;/h3,5-8,10,12,20H,1,9,11,13H2,2H3;2-6H,1H2;/q2*-1;+2. The zero-order valence-electron chi connectivity index (χ0n) is 17.8. The first-order valence-electron chi connectivity index (χ1n) is 10.1. The molecule has 0 fully saturated rings. The van der Waals surface area contributed by atoms with Gasteiger partial charge in [0.15, 0.2) is 0 Å².